The van der Waals surface area contributed by atoms with Crippen LogP contribution in [0.5, 0.6) is 11.5 Å². The van der Waals surface area contributed by atoms with Gasteiger partial charge in [0.1, 0.15) is 13.2 Å². The van der Waals surface area contributed by atoms with Crippen LogP contribution in [-0.4, -0.2) is 26.3 Å². The highest BCUT2D eigenvalue weighted by Crippen LogP contribution is 2.38. The highest BCUT2D eigenvalue weighted by molar-refractivity contribution is 6.32. The Hall–Kier alpha value is -1.19. The van der Waals surface area contributed by atoms with Crippen molar-refractivity contribution in [1.29, 1.82) is 0 Å². The number of hydrogen-bond acceptors (Lipinski definition) is 3. The molecule has 0 unspecified atom stereocenters. The second-order valence-electron chi connectivity index (χ2n) is 5.18. The number of benzene rings is 1. The summed E-state index contributed by atoms with van der Waals surface area (Å²) in [6.45, 7) is 9.49. The van der Waals surface area contributed by atoms with Gasteiger partial charge in [0.25, 0.3) is 0 Å². The van der Waals surface area contributed by atoms with Crippen LogP contribution in [0.1, 0.15) is 26.3 Å². The molecule has 3 nitrogen and oxygen atoms in total. The van der Waals surface area contributed by atoms with Gasteiger partial charge in [-0.25, -0.2) is 0 Å². The topological polar surface area (TPSA) is 30.5 Å². The summed E-state index contributed by atoms with van der Waals surface area (Å²) in [4.78, 5) is 0. The molecule has 20 heavy (non-hydrogen) atoms. The van der Waals surface area contributed by atoms with E-state index in [1.807, 2.05) is 12.1 Å². The monoisotopic (exact) mass is 295 g/mol. The van der Waals surface area contributed by atoms with Crippen molar-refractivity contribution in [1.82, 2.24) is 5.32 Å². The van der Waals surface area contributed by atoms with E-state index in [9.17, 15) is 0 Å². The molecule has 0 fully saturated rings. The molecule has 1 aromatic rings. The van der Waals surface area contributed by atoms with Gasteiger partial charge in [-0.2, -0.15) is 0 Å². The molecule has 2 rings (SSSR count). The lowest BCUT2D eigenvalue weighted by Gasteiger charge is -2.20. The molecule has 0 amide bonds. The molecule has 0 aliphatic carbocycles. The molecule has 0 radical (unpaired) electrons. The summed E-state index contributed by atoms with van der Waals surface area (Å²) in [5.74, 6) is 1.88. The first-order chi connectivity index (χ1) is 9.61. The van der Waals surface area contributed by atoms with E-state index in [1.54, 1.807) is 0 Å². The number of rotatable bonds is 5. The molecular weight excluding hydrogens is 274 g/mol. The quantitative estimate of drug-likeness (QED) is 0.897. The third kappa shape index (κ3) is 3.68. The molecule has 4 heteroatoms. The van der Waals surface area contributed by atoms with Gasteiger partial charge in [-0.15, -0.1) is 0 Å². The second-order valence-corrected chi connectivity index (χ2v) is 5.59. The molecule has 0 saturated carbocycles. The minimum atomic E-state index is 0.487. The summed E-state index contributed by atoms with van der Waals surface area (Å²) in [6, 6.07) is 3.93. The molecule has 0 saturated heterocycles. The lowest BCUT2D eigenvalue weighted by atomic mass is 10.00. The van der Waals surface area contributed by atoms with Crippen LogP contribution in [0.15, 0.2) is 17.7 Å². The first-order valence-electron chi connectivity index (χ1n) is 7.12. The summed E-state index contributed by atoms with van der Waals surface area (Å²) in [7, 11) is 0. The van der Waals surface area contributed by atoms with Crippen molar-refractivity contribution in [3.05, 3.63) is 28.3 Å². The van der Waals surface area contributed by atoms with Crippen LogP contribution in [0.25, 0.3) is 6.08 Å². The molecule has 1 heterocycles. The minimum Gasteiger partial charge on any atom is -0.486 e. The van der Waals surface area contributed by atoms with Gasteiger partial charge in [0, 0.05) is 6.54 Å². The van der Waals surface area contributed by atoms with Gasteiger partial charge >= 0.3 is 0 Å². The van der Waals surface area contributed by atoms with E-state index in [4.69, 9.17) is 21.1 Å². The fourth-order valence-corrected chi connectivity index (χ4v) is 2.39. The average molecular weight is 296 g/mol. The highest BCUT2D eigenvalue weighted by atomic mass is 35.5. The van der Waals surface area contributed by atoms with Gasteiger partial charge in [0.05, 0.1) is 5.02 Å². The molecule has 1 aliphatic rings. The molecule has 0 atom stereocenters. The zero-order chi connectivity index (χ0) is 14.5. The summed E-state index contributed by atoms with van der Waals surface area (Å²) >= 11 is 6.26. The fraction of sp³-hybridized carbons (Fsp3) is 0.500. The van der Waals surface area contributed by atoms with E-state index in [-0.39, 0.29) is 0 Å². The van der Waals surface area contributed by atoms with Crippen molar-refractivity contribution in [3.8, 4) is 11.5 Å². The summed E-state index contributed by atoms with van der Waals surface area (Å²) < 4.78 is 11.2. The fourth-order valence-electron chi connectivity index (χ4n) is 2.12. The number of hydrogen-bond donors (Lipinski definition) is 1. The number of nitrogens with one attached hydrogen (secondary N) is 1. The molecule has 1 N–H and O–H groups in total. The standard InChI is InChI=1S/C16H22ClNO2/c1-4-18-10-13(11(2)3)7-12-8-14(17)16-15(9-12)19-5-6-20-16/h7-9,11,18H,4-6,10H2,1-3H3. The molecule has 0 bridgehead atoms. The Bertz CT molecular complexity index is 497. The van der Waals surface area contributed by atoms with E-state index in [2.05, 4.69) is 32.2 Å². The maximum Gasteiger partial charge on any atom is 0.179 e. The highest BCUT2D eigenvalue weighted by Gasteiger charge is 2.16. The van der Waals surface area contributed by atoms with Gasteiger partial charge < -0.3 is 14.8 Å². The molecule has 1 aliphatic heterocycles. The van der Waals surface area contributed by atoms with Gasteiger partial charge in [-0.3, -0.25) is 0 Å². The zero-order valence-corrected chi connectivity index (χ0v) is 13.1. The number of ether oxygens (including phenoxy) is 2. The predicted molar refractivity (Wildman–Crippen MR) is 83.8 cm³/mol. The van der Waals surface area contributed by atoms with E-state index in [1.165, 1.54) is 5.57 Å². The first kappa shape index (κ1) is 15.2. The Morgan fingerprint density at radius 2 is 2.10 bits per heavy atom. The summed E-state index contributed by atoms with van der Waals surface area (Å²) in [6.07, 6.45) is 2.18. The van der Waals surface area contributed by atoms with Crippen molar-refractivity contribution in [2.24, 2.45) is 5.92 Å². The first-order valence-corrected chi connectivity index (χ1v) is 7.50. The van der Waals surface area contributed by atoms with E-state index >= 15 is 0 Å². The van der Waals surface area contributed by atoms with Gasteiger partial charge in [-0.1, -0.05) is 44.0 Å². The van der Waals surface area contributed by atoms with Gasteiger partial charge in [0.2, 0.25) is 0 Å². The van der Waals surface area contributed by atoms with Crippen molar-refractivity contribution >= 4 is 17.7 Å². The maximum atomic E-state index is 6.26. The Kier molecular flexibility index (Phi) is 5.32. The Labute approximate surface area is 125 Å². The lowest BCUT2D eigenvalue weighted by Crippen LogP contribution is -2.18. The molecule has 1 aromatic carbocycles. The van der Waals surface area contributed by atoms with Crippen molar-refractivity contribution < 1.29 is 9.47 Å². The maximum absolute atomic E-state index is 6.26. The molecule has 110 valence electrons. The van der Waals surface area contributed by atoms with E-state index < -0.39 is 0 Å². The third-order valence-corrected chi connectivity index (χ3v) is 3.57. The minimum absolute atomic E-state index is 0.487. The van der Waals surface area contributed by atoms with Crippen LogP contribution in [0, 0.1) is 5.92 Å². The third-order valence-electron chi connectivity index (χ3n) is 3.29. The largest absolute Gasteiger partial charge is 0.486 e. The van der Waals surface area contributed by atoms with Crippen LogP contribution >= 0.6 is 11.6 Å². The number of likely N-dealkylation sites (N-methyl/N-ethyl adjacent to an activating group) is 1. The SMILES string of the molecule is CCNCC(=Cc1cc(Cl)c2c(c1)OCCO2)C(C)C. The van der Waals surface area contributed by atoms with Crippen LogP contribution in [-0.2, 0) is 0 Å². The lowest BCUT2D eigenvalue weighted by molar-refractivity contribution is 0.171. The molecule has 0 spiro atoms. The zero-order valence-electron chi connectivity index (χ0n) is 12.3. The van der Waals surface area contributed by atoms with Crippen molar-refractivity contribution in [2.45, 2.75) is 20.8 Å². The Morgan fingerprint density at radius 3 is 2.80 bits per heavy atom. The Morgan fingerprint density at radius 1 is 1.35 bits per heavy atom. The predicted octanol–water partition coefficient (Wildman–Crippen LogP) is 3.76. The smallest absolute Gasteiger partial charge is 0.179 e. The van der Waals surface area contributed by atoms with Crippen LogP contribution in [0.2, 0.25) is 5.02 Å². The van der Waals surface area contributed by atoms with Gasteiger partial charge in [0.15, 0.2) is 11.5 Å². The second kappa shape index (κ2) is 7.00. The summed E-state index contributed by atoms with van der Waals surface area (Å²) in [5, 5.41) is 3.98. The molecule has 0 aromatic heterocycles. The Balaban J connectivity index is 2.29. The van der Waals surface area contributed by atoms with Crippen LogP contribution in [0.4, 0.5) is 0 Å². The van der Waals surface area contributed by atoms with Crippen molar-refractivity contribution in [2.75, 3.05) is 26.3 Å². The summed E-state index contributed by atoms with van der Waals surface area (Å²) in [5.41, 5.74) is 2.40. The number of fused-ring (bicyclic) bond motifs is 1. The van der Waals surface area contributed by atoms with Gasteiger partial charge in [-0.05, 0) is 30.2 Å². The molecular formula is C16H22ClNO2. The number of halogens is 1. The van der Waals surface area contributed by atoms with Crippen molar-refractivity contribution in [3.63, 3.8) is 0 Å². The normalized spacial score (nSPS) is 14.8. The van der Waals surface area contributed by atoms with E-state index in [0.29, 0.717) is 29.9 Å². The van der Waals surface area contributed by atoms with E-state index in [0.717, 1.165) is 24.4 Å². The van der Waals surface area contributed by atoms with Crippen LogP contribution < -0.4 is 14.8 Å². The average Bonchev–Trinajstić information content (AvgIpc) is 2.43. The van der Waals surface area contributed by atoms with Crippen LogP contribution in [0.3, 0.4) is 0 Å².